The Morgan fingerprint density at radius 1 is 1.24 bits per heavy atom. The number of esters is 1. The number of primary amides is 1. The summed E-state index contributed by atoms with van der Waals surface area (Å²) in [6, 6.07) is 7.18. The molecule has 2 unspecified atom stereocenters. The van der Waals surface area contributed by atoms with Gasteiger partial charge in [-0.3, -0.25) is 9.59 Å². The Bertz CT molecular complexity index is 504. The summed E-state index contributed by atoms with van der Waals surface area (Å²) in [6.07, 6.45) is -0.0202. The van der Waals surface area contributed by atoms with Gasteiger partial charge in [0.2, 0.25) is 11.8 Å². The van der Waals surface area contributed by atoms with Crippen LogP contribution in [0.3, 0.4) is 0 Å². The Morgan fingerprint density at radius 2 is 1.86 bits per heavy atom. The first-order valence-electron chi connectivity index (χ1n) is 6.40. The van der Waals surface area contributed by atoms with Gasteiger partial charge >= 0.3 is 5.97 Å². The fourth-order valence-corrected chi connectivity index (χ4v) is 1.77. The van der Waals surface area contributed by atoms with Gasteiger partial charge in [0, 0.05) is 6.42 Å². The van der Waals surface area contributed by atoms with Crippen molar-refractivity contribution in [2.75, 3.05) is 7.11 Å². The molecule has 0 bridgehead atoms. The molecule has 1 rings (SSSR count). The number of amides is 2. The number of rotatable bonds is 7. The summed E-state index contributed by atoms with van der Waals surface area (Å²) in [5.74, 6) is -1.89. The number of carbonyl (C=O) groups is 3. The molecule has 7 nitrogen and oxygen atoms in total. The van der Waals surface area contributed by atoms with Gasteiger partial charge in [-0.15, -0.1) is 0 Å². The summed E-state index contributed by atoms with van der Waals surface area (Å²) in [5, 5.41) is 2.48. The lowest BCUT2D eigenvalue weighted by atomic mass is 10.1. The van der Waals surface area contributed by atoms with E-state index >= 15 is 0 Å². The average Bonchev–Trinajstić information content (AvgIpc) is 2.46. The molecule has 114 valence electrons. The Labute approximate surface area is 122 Å². The van der Waals surface area contributed by atoms with Crippen molar-refractivity contribution in [2.24, 2.45) is 11.5 Å². The van der Waals surface area contributed by atoms with E-state index in [-0.39, 0.29) is 12.8 Å². The van der Waals surface area contributed by atoms with Gasteiger partial charge in [0.1, 0.15) is 6.04 Å². The highest BCUT2D eigenvalue weighted by Gasteiger charge is 2.25. The number of nitrogens with two attached hydrogens (primary N) is 2. The Morgan fingerprint density at radius 3 is 2.38 bits per heavy atom. The molecule has 0 radical (unpaired) electrons. The van der Waals surface area contributed by atoms with Crippen molar-refractivity contribution >= 4 is 17.8 Å². The van der Waals surface area contributed by atoms with Gasteiger partial charge in [0.05, 0.1) is 19.6 Å². The van der Waals surface area contributed by atoms with E-state index in [2.05, 4.69) is 10.1 Å². The van der Waals surface area contributed by atoms with E-state index in [1.807, 2.05) is 30.3 Å². The van der Waals surface area contributed by atoms with Gasteiger partial charge in [-0.2, -0.15) is 0 Å². The van der Waals surface area contributed by atoms with E-state index in [1.54, 1.807) is 0 Å². The van der Waals surface area contributed by atoms with Crippen molar-refractivity contribution in [3.63, 3.8) is 0 Å². The van der Waals surface area contributed by atoms with Crippen LogP contribution in [0.15, 0.2) is 30.3 Å². The monoisotopic (exact) mass is 293 g/mol. The zero-order chi connectivity index (χ0) is 15.8. The van der Waals surface area contributed by atoms with E-state index < -0.39 is 29.9 Å². The molecule has 2 atom stereocenters. The molecule has 21 heavy (non-hydrogen) atoms. The van der Waals surface area contributed by atoms with Crippen LogP contribution in [0.5, 0.6) is 0 Å². The third-order valence-electron chi connectivity index (χ3n) is 2.84. The Kier molecular flexibility index (Phi) is 6.35. The maximum Gasteiger partial charge on any atom is 0.328 e. The van der Waals surface area contributed by atoms with Crippen LogP contribution in [0.1, 0.15) is 12.0 Å². The number of methoxy groups -OCH3 is 1. The second-order valence-electron chi connectivity index (χ2n) is 4.55. The summed E-state index contributed by atoms with van der Waals surface area (Å²) in [4.78, 5) is 34.3. The zero-order valence-electron chi connectivity index (χ0n) is 11.7. The predicted molar refractivity (Wildman–Crippen MR) is 75.9 cm³/mol. The Hall–Kier alpha value is -2.41. The van der Waals surface area contributed by atoms with Crippen molar-refractivity contribution in [3.05, 3.63) is 35.9 Å². The van der Waals surface area contributed by atoms with E-state index in [0.29, 0.717) is 0 Å². The fourth-order valence-electron chi connectivity index (χ4n) is 1.77. The van der Waals surface area contributed by atoms with Crippen molar-refractivity contribution in [1.82, 2.24) is 5.32 Å². The topological polar surface area (TPSA) is 125 Å². The number of carbonyl (C=O) groups excluding carboxylic acids is 3. The highest BCUT2D eigenvalue weighted by atomic mass is 16.5. The van der Waals surface area contributed by atoms with Crippen molar-refractivity contribution < 1.29 is 19.1 Å². The van der Waals surface area contributed by atoms with Crippen LogP contribution in [0.2, 0.25) is 0 Å². The second-order valence-corrected chi connectivity index (χ2v) is 4.55. The summed E-state index contributed by atoms with van der Waals surface area (Å²) >= 11 is 0. The molecule has 2 amide bonds. The largest absolute Gasteiger partial charge is 0.467 e. The molecule has 0 saturated carbocycles. The van der Waals surface area contributed by atoms with E-state index in [4.69, 9.17) is 11.5 Å². The molecule has 1 aromatic rings. The van der Waals surface area contributed by atoms with Gasteiger partial charge < -0.3 is 21.5 Å². The normalized spacial score (nSPS) is 13.0. The molecule has 0 aliphatic rings. The van der Waals surface area contributed by atoms with Crippen LogP contribution in [-0.4, -0.2) is 37.0 Å². The third-order valence-corrected chi connectivity index (χ3v) is 2.84. The van der Waals surface area contributed by atoms with Crippen LogP contribution in [-0.2, 0) is 25.5 Å². The second kappa shape index (κ2) is 8.01. The smallest absolute Gasteiger partial charge is 0.328 e. The van der Waals surface area contributed by atoms with Crippen molar-refractivity contribution in [1.29, 1.82) is 0 Å². The standard InChI is InChI=1S/C14H19N3O4/c1-21-14(20)11(7-9-5-3-2-4-6-9)17-13(19)10(15)8-12(16)18/h2-6,10-11H,7-8,15H2,1H3,(H2,16,18)(H,17,19). The molecule has 0 spiro atoms. The first-order chi connectivity index (χ1) is 9.93. The number of ether oxygens (including phenoxy) is 1. The van der Waals surface area contributed by atoms with Crippen LogP contribution < -0.4 is 16.8 Å². The third kappa shape index (κ3) is 5.62. The van der Waals surface area contributed by atoms with Gasteiger partial charge in [0.15, 0.2) is 0 Å². The first kappa shape index (κ1) is 16.6. The maximum absolute atomic E-state index is 11.8. The number of nitrogens with one attached hydrogen (secondary N) is 1. The van der Waals surface area contributed by atoms with E-state index in [0.717, 1.165) is 5.56 Å². The maximum atomic E-state index is 11.8. The first-order valence-corrected chi connectivity index (χ1v) is 6.40. The van der Waals surface area contributed by atoms with Gasteiger partial charge in [0.25, 0.3) is 0 Å². The molecule has 0 heterocycles. The number of benzene rings is 1. The molecule has 0 aliphatic heterocycles. The average molecular weight is 293 g/mol. The zero-order valence-corrected chi connectivity index (χ0v) is 11.7. The van der Waals surface area contributed by atoms with Gasteiger partial charge in [-0.05, 0) is 5.56 Å². The highest BCUT2D eigenvalue weighted by molar-refractivity contribution is 5.90. The summed E-state index contributed by atoms with van der Waals surface area (Å²) < 4.78 is 4.66. The van der Waals surface area contributed by atoms with Crippen LogP contribution >= 0.6 is 0 Å². The number of hydrogen-bond acceptors (Lipinski definition) is 5. The van der Waals surface area contributed by atoms with E-state index in [1.165, 1.54) is 7.11 Å². The minimum atomic E-state index is -1.09. The van der Waals surface area contributed by atoms with Gasteiger partial charge in [-0.1, -0.05) is 30.3 Å². The molecular weight excluding hydrogens is 274 g/mol. The lowest BCUT2D eigenvalue weighted by Gasteiger charge is -2.18. The SMILES string of the molecule is COC(=O)C(Cc1ccccc1)NC(=O)C(N)CC(N)=O. The van der Waals surface area contributed by atoms with Crippen molar-refractivity contribution in [3.8, 4) is 0 Å². The molecule has 0 fully saturated rings. The van der Waals surface area contributed by atoms with Crippen LogP contribution in [0.25, 0.3) is 0 Å². The van der Waals surface area contributed by atoms with Crippen LogP contribution in [0, 0.1) is 0 Å². The molecule has 0 aliphatic carbocycles. The van der Waals surface area contributed by atoms with Crippen molar-refractivity contribution in [2.45, 2.75) is 24.9 Å². The summed E-state index contributed by atoms with van der Waals surface area (Å²) in [6.45, 7) is 0. The predicted octanol–water partition coefficient (Wildman–Crippen LogP) is -0.910. The molecule has 1 aromatic carbocycles. The lowest BCUT2D eigenvalue weighted by molar-refractivity contribution is -0.145. The quantitative estimate of drug-likeness (QED) is 0.561. The lowest BCUT2D eigenvalue weighted by Crippen LogP contribution is -2.50. The fraction of sp³-hybridized carbons (Fsp3) is 0.357. The summed E-state index contributed by atoms with van der Waals surface area (Å²) in [7, 11) is 1.23. The molecule has 7 heteroatoms. The highest BCUT2D eigenvalue weighted by Crippen LogP contribution is 2.05. The Balaban J connectivity index is 2.72. The minimum Gasteiger partial charge on any atom is -0.467 e. The number of hydrogen-bond donors (Lipinski definition) is 3. The molecule has 0 saturated heterocycles. The molecule has 5 N–H and O–H groups in total. The molecular formula is C14H19N3O4. The van der Waals surface area contributed by atoms with Crippen LogP contribution in [0.4, 0.5) is 0 Å². The van der Waals surface area contributed by atoms with Gasteiger partial charge in [-0.25, -0.2) is 4.79 Å². The summed E-state index contributed by atoms with van der Waals surface area (Å²) in [5.41, 5.74) is 11.4. The molecule has 0 aromatic heterocycles. The van der Waals surface area contributed by atoms with E-state index in [9.17, 15) is 14.4 Å². The minimum absolute atomic E-state index is 0.266.